The van der Waals surface area contributed by atoms with Gasteiger partial charge in [0.15, 0.2) is 0 Å². The van der Waals surface area contributed by atoms with E-state index in [9.17, 15) is 9.59 Å². The van der Waals surface area contributed by atoms with Crippen molar-refractivity contribution >= 4 is 64.0 Å². The number of benzene rings is 2. The van der Waals surface area contributed by atoms with Crippen LogP contribution in [0.1, 0.15) is 25.8 Å². The highest BCUT2D eigenvalue weighted by molar-refractivity contribution is 9.10. The van der Waals surface area contributed by atoms with Gasteiger partial charge in [-0.15, -0.1) is 0 Å². The van der Waals surface area contributed by atoms with E-state index in [1.54, 1.807) is 36.6 Å². The molecule has 1 heterocycles. The summed E-state index contributed by atoms with van der Waals surface area (Å²) in [5.41, 5.74) is 0.596. The summed E-state index contributed by atoms with van der Waals surface area (Å²) in [6, 6.07) is 14.8. The van der Waals surface area contributed by atoms with Crippen LogP contribution in [0.15, 0.2) is 91.7 Å². The summed E-state index contributed by atoms with van der Waals surface area (Å²) in [6.45, 7) is 3.70. The fourth-order valence-corrected chi connectivity index (χ4v) is 5.21. The van der Waals surface area contributed by atoms with E-state index in [4.69, 9.17) is 21.1 Å². The molecular weight excluding hydrogens is 558 g/mol. The lowest BCUT2D eigenvalue weighted by Gasteiger charge is -2.40. The molecule has 0 fully saturated rings. The predicted molar refractivity (Wildman–Crippen MR) is 143 cm³/mol. The van der Waals surface area contributed by atoms with Crippen molar-refractivity contribution in [2.75, 3.05) is 6.61 Å². The SMILES string of the molecule is C/C=C(\C=C/S)C1(c2ccc(Br)cc2)CC(OC(=O)OCC)=C(Sc2ccccc2Cl)C(=O)N1. The molecule has 0 saturated heterocycles. The predicted octanol–water partition coefficient (Wildman–Crippen LogP) is 7.38. The summed E-state index contributed by atoms with van der Waals surface area (Å²) >= 11 is 15.2. The number of amides is 1. The minimum absolute atomic E-state index is 0.145. The fraction of sp³-hybridized carbons (Fsp3) is 0.200. The van der Waals surface area contributed by atoms with Crippen LogP contribution < -0.4 is 5.32 Å². The van der Waals surface area contributed by atoms with Crippen LogP contribution >= 0.6 is 51.9 Å². The van der Waals surface area contributed by atoms with E-state index in [1.807, 2.05) is 43.3 Å². The second-order valence-corrected chi connectivity index (χ2v) is 9.85. The highest BCUT2D eigenvalue weighted by Crippen LogP contribution is 2.45. The average Bonchev–Trinajstić information content (AvgIpc) is 2.81. The molecular formula is C25H23BrClNO4S2. The smallest absolute Gasteiger partial charge is 0.434 e. The molecule has 2 aromatic carbocycles. The highest BCUT2D eigenvalue weighted by atomic mass is 79.9. The van der Waals surface area contributed by atoms with Gasteiger partial charge in [-0.25, -0.2) is 4.79 Å². The molecule has 5 nitrogen and oxygen atoms in total. The topological polar surface area (TPSA) is 64.6 Å². The first kappa shape index (κ1) is 26.5. The van der Waals surface area contributed by atoms with Gasteiger partial charge < -0.3 is 14.8 Å². The Hall–Kier alpha value is -2.13. The van der Waals surface area contributed by atoms with Crippen molar-refractivity contribution in [3.05, 3.63) is 97.4 Å². The quantitative estimate of drug-likeness (QED) is 0.203. The zero-order valence-electron chi connectivity index (χ0n) is 18.5. The summed E-state index contributed by atoms with van der Waals surface area (Å²) in [7, 11) is 0. The van der Waals surface area contributed by atoms with E-state index < -0.39 is 17.6 Å². The molecule has 1 aliphatic rings. The minimum atomic E-state index is -1.00. The molecule has 0 saturated carbocycles. The van der Waals surface area contributed by atoms with E-state index in [2.05, 4.69) is 33.9 Å². The van der Waals surface area contributed by atoms with Crippen molar-refractivity contribution in [3.63, 3.8) is 0 Å². The number of ether oxygens (including phenoxy) is 2. The Bertz CT molecular complexity index is 1160. The van der Waals surface area contributed by atoms with E-state index in [0.717, 1.165) is 27.4 Å². The second kappa shape index (κ2) is 12.0. The van der Waals surface area contributed by atoms with Crippen LogP contribution in [0.2, 0.25) is 5.02 Å². The molecule has 0 aromatic heterocycles. The standard InChI is InChI=1S/C25H23BrClNO4S2/c1-3-16(13-14-33)25(17-9-11-18(26)12-10-17)15-20(32-24(30)31-4-2)22(23(29)28-25)34-21-8-6-5-7-19(21)27/h3,5-14,33H,4,15H2,1-2H3,(H,28,29)/b14-13-,16-3+. The molecule has 0 spiro atoms. The molecule has 0 aliphatic carbocycles. The number of thiol groups is 1. The zero-order valence-corrected chi connectivity index (χ0v) is 22.6. The summed E-state index contributed by atoms with van der Waals surface area (Å²) in [6.07, 6.45) is 2.99. The van der Waals surface area contributed by atoms with E-state index >= 15 is 0 Å². The third-order valence-electron chi connectivity index (χ3n) is 5.12. The van der Waals surface area contributed by atoms with Gasteiger partial charge in [-0.05, 0) is 54.7 Å². The Morgan fingerprint density at radius 1 is 1.26 bits per heavy atom. The third kappa shape index (κ3) is 5.92. The van der Waals surface area contributed by atoms with Crippen molar-refractivity contribution in [3.8, 4) is 0 Å². The van der Waals surface area contributed by atoms with Crippen LogP contribution in [0.4, 0.5) is 4.79 Å². The average molecular weight is 581 g/mol. The Balaban J connectivity index is 2.18. The number of rotatable bonds is 7. The normalized spacial score (nSPS) is 18.7. The van der Waals surface area contributed by atoms with Gasteiger partial charge >= 0.3 is 6.16 Å². The largest absolute Gasteiger partial charge is 0.513 e. The van der Waals surface area contributed by atoms with Crippen LogP contribution in [0.25, 0.3) is 0 Å². The Kier molecular flexibility index (Phi) is 9.36. The number of allylic oxidation sites excluding steroid dienone is 1. The van der Waals surface area contributed by atoms with E-state index in [-0.39, 0.29) is 23.7 Å². The van der Waals surface area contributed by atoms with E-state index in [0.29, 0.717) is 9.92 Å². The number of hydrogen-bond donors (Lipinski definition) is 2. The number of nitrogens with one attached hydrogen (secondary N) is 1. The van der Waals surface area contributed by atoms with Crippen molar-refractivity contribution in [2.45, 2.75) is 30.7 Å². The lowest BCUT2D eigenvalue weighted by Crippen LogP contribution is -2.51. The van der Waals surface area contributed by atoms with Gasteiger partial charge in [-0.3, -0.25) is 4.79 Å². The van der Waals surface area contributed by atoms with Crippen LogP contribution in [0, 0.1) is 0 Å². The van der Waals surface area contributed by atoms with Crippen molar-refractivity contribution in [1.82, 2.24) is 5.32 Å². The molecule has 0 bridgehead atoms. The Labute approximate surface area is 222 Å². The molecule has 34 heavy (non-hydrogen) atoms. The molecule has 1 atom stereocenters. The highest BCUT2D eigenvalue weighted by Gasteiger charge is 2.44. The zero-order chi connectivity index (χ0) is 24.7. The van der Waals surface area contributed by atoms with Gasteiger partial charge in [0.25, 0.3) is 5.91 Å². The molecule has 1 amide bonds. The summed E-state index contributed by atoms with van der Waals surface area (Å²) in [4.78, 5) is 26.8. The first-order valence-electron chi connectivity index (χ1n) is 10.4. The van der Waals surface area contributed by atoms with Crippen LogP contribution in [-0.4, -0.2) is 18.7 Å². The maximum absolute atomic E-state index is 13.6. The lowest BCUT2D eigenvalue weighted by molar-refractivity contribution is -0.119. The van der Waals surface area contributed by atoms with Crippen LogP contribution in [0.5, 0.6) is 0 Å². The van der Waals surface area contributed by atoms with Crippen LogP contribution in [0.3, 0.4) is 0 Å². The summed E-state index contributed by atoms with van der Waals surface area (Å²) in [5.74, 6) is -0.202. The first-order chi connectivity index (χ1) is 16.3. The van der Waals surface area contributed by atoms with Crippen molar-refractivity contribution in [2.24, 2.45) is 0 Å². The molecule has 9 heteroatoms. The number of carbonyl (C=O) groups excluding carboxylic acids is 2. The summed E-state index contributed by atoms with van der Waals surface area (Å²) in [5, 5.41) is 5.25. The third-order valence-corrected chi connectivity index (χ3v) is 7.44. The van der Waals surface area contributed by atoms with Gasteiger partial charge in [-0.2, -0.15) is 12.6 Å². The molecule has 1 N–H and O–H groups in total. The molecule has 2 aromatic rings. The monoisotopic (exact) mass is 579 g/mol. The molecule has 0 radical (unpaired) electrons. The second-order valence-electron chi connectivity index (χ2n) is 7.17. The van der Waals surface area contributed by atoms with Gasteiger partial charge in [0.1, 0.15) is 10.7 Å². The Morgan fingerprint density at radius 2 is 1.97 bits per heavy atom. The van der Waals surface area contributed by atoms with Crippen LogP contribution in [-0.2, 0) is 19.8 Å². The van der Waals surface area contributed by atoms with Gasteiger partial charge in [0.05, 0.1) is 17.2 Å². The van der Waals surface area contributed by atoms with Crippen molar-refractivity contribution in [1.29, 1.82) is 0 Å². The fourth-order valence-electron chi connectivity index (χ4n) is 3.63. The molecule has 3 rings (SSSR count). The molecule has 1 aliphatic heterocycles. The van der Waals surface area contributed by atoms with Gasteiger partial charge in [0.2, 0.25) is 0 Å². The maximum Gasteiger partial charge on any atom is 0.513 e. The lowest BCUT2D eigenvalue weighted by atomic mass is 9.77. The molecule has 1 unspecified atom stereocenters. The van der Waals surface area contributed by atoms with Gasteiger partial charge in [-0.1, -0.05) is 75.7 Å². The van der Waals surface area contributed by atoms with Gasteiger partial charge in [0, 0.05) is 15.8 Å². The molecule has 178 valence electrons. The van der Waals surface area contributed by atoms with E-state index in [1.165, 1.54) is 0 Å². The number of carbonyl (C=O) groups is 2. The number of halogens is 2. The minimum Gasteiger partial charge on any atom is -0.434 e. The number of hydrogen-bond acceptors (Lipinski definition) is 6. The Morgan fingerprint density at radius 3 is 2.59 bits per heavy atom. The maximum atomic E-state index is 13.6. The summed E-state index contributed by atoms with van der Waals surface area (Å²) < 4.78 is 11.5. The van der Waals surface area contributed by atoms with Crippen molar-refractivity contribution < 1.29 is 19.1 Å². The number of thioether (sulfide) groups is 1. The first-order valence-corrected chi connectivity index (χ1v) is 12.9.